The molecule has 0 bridgehead atoms. The Morgan fingerprint density at radius 2 is 2.03 bits per heavy atom. The number of methoxy groups -OCH3 is 1. The molecule has 1 aliphatic carbocycles. The van der Waals surface area contributed by atoms with Crippen molar-refractivity contribution in [1.82, 2.24) is 15.0 Å². The van der Waals surface area contributed by atoms with Crippen LogP contribution >= 0.6 is 0 Å². The number of carbonyl (C=O) groups is 1. The second-order valence-corrected chi connectivity index (χ2v) is 8.65. The van der Waals surface area contributed by atoms with E-state index in [9.17, 15) is 4.79 Å². The van der Waals surface area contributed by atoms with Crippen molar-refractivity contribution in [1.29, 1.82) is 0 Å². The van der Waals surface area contributed by atoms with Crippen LogP contribution in [0.2, 0.25) is 0 Å². The maximum Gasteiger partial charge on any atom is 0.249 e. The van der Waals surface area contributed by atoms with Gasteiger partial charge in [-0.05, 0) is 55.7 Å². The van der Waals surface area contributed by atoms with Crippen molar-refractivity contribution in [3.63, 3.8) is 0 Å². The summed E-state index contributed by atoms with van der Waals surface area (Å²) in [7, 11) is 1.63. The van der Waals surface area contributed by atoms with Gasteiger partial charge >= 0.3 is 0 Å². The SMILES string of the molecule is COc1cccc(CC(=O)N2CCCCC2c2nc(CCOCC3CCCC3)no2)c1. The Bertz CT molecular complexity index is 847. The van der Waals surface area contributed by atoms with E-state index in [1.165, 1.54) is 25.7 Å². The number of ether oxygens (including phenoxy) is 2. The van der Waals surface area contributed by atoms with E-state index in [2.05, 4.69) is 10.1 Å². The Balaban J connectivity index is 1.33. The van der Waals surface area contributed by atoms with Crippen LogP contribution < -0.4 is 4.74 Å². The van der Waals surface area contributed by atoms with Gasteiger partial charge in [0, 0.05) is 19.6 Å². The van der Waals surface area contributed by atoms with E-state index in [0.29, 0.717) is 37.1 Å². The molecule has 31 heavy (non-hydrogen) atoms. The summed E-state index contributed by atoms with van der Waals surface area (Å²) in [4.78, 5) is 19.6. The molecule has 4 rings (SSSR count). The van der Waals surface area contributed by atoms with Gasteiger partial charge in [0.2, 0.25) is 11.8 Å². The first-order chi connectivity index (χ1) is 15.2. The molecule has 1 aliphatic heterocycles. The van der Waals surface area contributed by atoms with Gasteiger partial charge in [-0.25, -0.2) is 0 Å². The number of amides is 1. The number of rotatable bonds is 9. The van der Waals surface area contributed by atoms with E-state index >= 15 is 0 Å². The van der Waals surface area contributed by atoms with E-state index in [4.69, 9.17) is 14.0 Å². The number of hydrogen-bond donors (Lipinski definition) is 0. The summed E-state index contributed by atoms with van der Waals surface area (Å²) in [5.74, 6) is 2.76. The number of benzene rings is 1. The van der Waals surface area contributed by atoms with Crippen molar-refractivity contribution in [2.75, 3.05) is 26.9 Å². The van der Waals surface area contributed by atoms with E-state index in [-0.39, 0.29) is 11.9 Å². The lowest BCUT2D eigenvalue weighted by Crippen LogP contribution is -2.39. The minimum Gasteiger partial charge on any atom is -0.497 e. The first-order valence-corrected chi connectivity index (χ1v) is 11.6. The van der Waals surface area contributed by atoms with E-state index in [1.807, 2.05) is 29.2 Å². The smallest absolute Gasteiger partial charge is 0.249 e. The standard InChI is InChI=1S/C24H33N3O4/c1-29-20-10-6-9-19(15-20)16-23(28)27-13-5-4-11-21(27)24-25-22(26-31-24)12-14-30-17-18-7-2-3-8-18/h6,9-10,15,18,21H,2-5,7-8,11-14,16-17H2,1H3. The van der Waals surface area contributed by atoms with Crippen LogP contribution in [0.15, 0.2) is 28.8 Å². The Hall–Kier alpha value is -2.41. The molecule has 1 amide bonds. The number of carbonyl (C=O) groups excluding carboxylic acids is 1. The van der Waals surface area contributed by atoms with Gasteiger partial charge in [-0.15, -0.1) is 0 Å². The highest BCUT2D eigenvalue weighted by molar-refractivity contribution is 5.79. The molecule has 2 fully saturated rings. The molecular weight excluding hydrogens is 394 g/mol. The largest absolute Gasteiger partial charge is 0.497 e. The Labute approximate surface area is 184 Å². The fourth-order valence-electron chi connectivity index (χ4n) is 4.64. The van der Waals surface area contributed by atoms with Gasteiger partial charge in [-0.2, -0.15) is 4.98 Å². The summed E-state index contributed by atoms with van der Waals surface area (Å²) in [5.41, 5.74) is 0.944. The summed E-state index contributed by atoms with van der Waals surface area (Å²) in [6, 6.07) is 7.51. The van der Waals surface area contributed by atoms with Crippen LogP contribution in [-0.2, 0) is 22.4 Å². The summed E-state index contributed by atoms with van der Waals surface area (Å²) in [6.45, 7) is 2.16. The highest BCUT2D eigenvalue weighted by Gasteiger charge is 2.32. The average Bonchev–Trinajstić information content (AvgIpc) is 3.49. The zero-order valence-corrected chi connectivity index (χ0v) is 18.4. The molecule has 7 nitrogen and oxygen atoms in total. The molecule has 7 heteroatoms. The molecule has 0 spiro atoms. The topological polar surface area (TPSA) is 77.7 Å². The van der Waals surface area contributed by atoms with Crippen LogP contribution in [-0.4, -0.2) is 47.8 Å². The minimum absolute atomic E-state index is 0.0811. The molecule has 2 aromatic rings. The molecule has 2 heterocycles. The van der Waals surface area contributed by atoms with Gasteiger partial charge in [0.1, 0.15) is 11.8 Å². The van der Waals surface area contributed by atoms with Crippen molar-refractivity contribution in [3.8, 4) is 5.75 Å². The summed E-state index contributed by atoms with van der Waals surface area (Å²) in [6.07, 6.45) is 9.11. The van der Waals surface area contributed by atoms with Crippen LogP contribution in [0.25, 0.3) is 0 Å². The molecular formula is C24H33N3O4. The third-order valence-electron chi connectivity index (χ3n) is 6.38. The van der Waals surface area contributed by atoms with Gasteiger partial charge in [0.05, 0.1) is 20.1 Å². The zero-order chi connectivity index (χ0) is 21.5. The lowest BCUT2D eigenvalue weighted by Gasteiger charge is -2.33. The van der Waals surface area contributed by atoms with Crippen LogP contribution in [0, 0.1) is 5.92 Å². The molecule has 1 saturated heterocycles. The van der Waals surface area contributed by atoms with E-state index in [0.717, 1.165) is 43.7 Å². The van der Waals surface area contributed by atoms with Crippen molar-refractivity contribution in [3.05, 3.63) is 41.5 Å². The lowest BCUT2D eigenvalue weighted by atomic mass is 10.0. The van der Waals surface area contributed by atoms with E-state index in [1.54, 1.807) is 7.11 Å². The lowest BCUT2D eigenvalue weighted by molar-refractivity contribution is -0.135. The second-order valence-electron chi connectivity index (χ2n) is 8.65. The maximum atomic E-state index is 13.1. The highest BCUT2D eigenvalue weighted by Crippen LogP contribution is 2.31. The third-order valence-corrected chi connectivity index (χ3v) is 6.38. The van der Waals surface area contributed by atoms with Gasteiger partial charge in [0.15, 0.2) is 5.82 Å². The number of aromatic nitrogens is 2. The first kappa shape index (κ1) is 21.8. The van der Waals surface area contributed by atoms with Crippen molar-refractivity contribution >= 4 is 5.91 Å². The predicted molar refractivity (Wildman–Crippen MR) is 116 cm³/mol. The van der Waals surface area contributed by atoms with E-state index < -0.39 is 0 Å². The number of likely N-dealkylation sites (tertiary alicyclic amines) is 1. The molecule has 1 atom stereocenters. The molecule has 1 unspecified atom stereocenters. The summed E-state index contributed by atoms with van der Waals surface area (Å²) >= 11 is 0. The fourth-order valence-corrected chi connectivity index (χ4v) is 4.64. The Morgan fingerprint density at radius 1 is 1.19 bits per heavy atom. The zero-order valence-electron chi connectivity index (χ0n) is 18.4. The normalized spacial score (nSPS) is 19.6. The van der Waals surface area contributed by atoms with Gasteiger partial charge in [-0.1, -0.05) is 30.1 Å². The van der Waals surface area contributed by atoms with Crippen molar-refractivity contribution < 1.29 is 18.8 Å². The average molecular weight is 428 g/mol. The van der Waals surface area contributed by atoms with Crippen molar-refractivity contribution in [2.24, 2.45) is 5.92 Å². The molecule has 0 radical (unpaired) electrons. The van der Waals surface area contributed by atoms with Crippen molar-refractivity contribution in [2.45, 2.75) is 63.8 Å². The highest BCUT2D eigenvalue weighted by atomic mass is 16.5. The number of nitrogens with zero attached hydrogens (tertiary/aromatic N) is 3. The Morgan fingerprint density at radius 3 is 2.87 bits per heavy atom. The molecule has 2 aliphatic rings. The molecule has 0 N–H and O–H groups in total. The monoisotopic (exact) mass is 427 g/mol. The van der Waals surface area contributed by atoms with Gasteiger partial charge in [0.25, 0.3) is 0 Å². The second kappa shape index (κ2) is 10.8. The van der Waals surface area contributed by atoms with Crippen LogP contribution in [0.3, 0.4) is 0 Å². The molecule has 168 valence electrons. The number of piperidine rings is 1. The van der Waals surface area contributed by atoms with Crippen LogP contribution in [0.1, 0.15) is 68.3 Å². The first-order valence-electron chi connectivity index (χ1n) is 11.6. The van der Waals surface area contributed by atoms with Gasteiger partial charge < -0.3 is 18.9 Å². The molecule has 1 saturated carbocycles. The maximum absolute atomic E-state index is 13.1. The van der Waals surface area contributed by atoms with Crippen LogP contribution in [0.4, 0.5) is 0 Å². The predicted octanol–water partition coefficient (Wildman–Crippen LogP) is 4.12. The third kappa shape index (κ3) is 5.85. The molecule has 1 aromatic heterocycles. The van der Waals surface area contributed by atoms with Crippen LogP contribution in [0.5, 0.6) is 5.75 Å². The fraction of sp³-hybridized carbons (Fsp3) is 0.625. The Kier molecular flexibility index (Phi) is 7.57. The molecule has 1 aromatic carbocycles. The summed E-state index contributed by atoms with van der Waals surface area (Å²) in [5, 5.41) is 4.14. The minimum atomic E-state index is -0.146. The summed E-state index contributed by atoms with van der Waals surface area (Å²) < 4.78 is 16.7. The quantitative estimate of drug-likeness (QED) is 0.560. The van der Waals surface area contributed by atoms with Gasteiger partial charge in [-0.3, -0.25) is 4.79 Å². The number of hydrogen-bond acceptors (Lipinski definition) is 6.